The number of fused-ring (bicyclic) bond motifs is 2. The van der Waals surface area contributed by atoms with E-state index in [1.807, 2.05) is 29.4 Å². The highest BCUT2D eigenvalue weighted by Gasteiger charge is 2.40. The molecule has 3 heterocycles. The molecule has 182 valence electrons. The van der Waals surface area contributed by atoms with Gasteiger partial charge in [0.1, 0.15) is 5.56 Å². The first-order valence-electron chi connectivity index (χ1n) is 12.2. The van der Waals surface area contributed by atoms with Gasteiger partial charge in [-0.25, -0.2) is 9.50 Å². The second kappa shape index (κ2) is 8.44. The van der Waals surface area contributed by atoms with Gasteiger partial charge in [0.2, 0.25) is 0 Å². The minimum atomic E-state index is -0.235. The van der Waals surface area contributed by atoms with Gasteiger partial charge < -0.3 is 20.7 Å². The molecule has 2 aromatic heterocycles. The van der Waals surface area contributed by atoms with E-state index >= 15 is 0 Å². The Labute approximate surface area is 208 Å². The summed E-state index contributed by atoms with van der Waals surface area (Å²) >= 11 is 1.46. The zero-order valence-electron chi connectivity index (χ0n) is 19.9. The van der Waals surface area contributed by atoms with Crippen LogP contribution in [0.1, 0.15) is 65.3 Å². The first-order chi connectivity index (χ1) is 16.9. The lowest BCUT2D eigenvalue weighted by Gasteiger charge is -2.26. The average Bonchev–Trinajstić information content (AvgIpc) is 3.53. The molecule has 4 N–H and O–H groups in total. The highest BCUT2D eigenvalue weighted by molar-refractivity contribution is 7.99. The first kappa shape index (κ1) is 22.2. The fraction of sp³-hybridized carbons (Fsp3) is 0.440. The van der Waals surface area contributed by atoms with Gasteiger partial charge in [0.15, 0.2) is 11.5 Å². The molecule has 3 aliphatic rings. The van der Waals surface area contributed by atoms with Gasteiger partial charge >= 0.3 is 0 Å². The maximum Gasteiger partial charge on any atom is 0.259 e. The Bertz CT molecular complexity index is 1350. The molecular weight excluding hydrogens is 462 g/mol. The second-order valence-corrected chi connectivity index (χ2v) is 10.4. The number of nitrogen functional groups attached to an aromatic ring is 1. The molecule has 2 amide bonds. The minimum Gasteiger partial charge on any atom is -0.381 e. The lowest BCUT2D eigenvalue weighted by molar-refractivity contribution is 0.0698. The highest BCUT2D eigenvalue weighted by Crippen LogP contribution is 2.41. The molecule has 0 saturated heterocycles. The van der Waals surface area contributed by atoms with Gasteiger partial charge in [0, 0.05) is 36.6 Å². The smallest absolute Gasteiger partial charge is 0.259 e. The zero-order chi connectivity index (χ0) is 24.3. The van der Waals surface area contributed by atoms with E-state index in [0.717, 1.165) is 41.6 Å². The molecule has 6 rings (SSSR count). The zero-order valence-corrected chi connectivity index (χ0v) is 20.7. The van der Waals surface area contributed by atoms with E-state index < -0.39 is 0 Å². The summed E-state index contributed by atoms with van der Waals surface area (Å²) in [5.74, 6) is 0.622. The number of aromatic nitrogens is 3. The number of nitrogens with zero attached hydrogens (tertiary/aromatic N) is 4. The third kappa shape index (κ3) is 3.80. The van der Waals surface area contributed by atoms with Gasteiger partial charge in [-0.2, -0.15) is 0 Å². The molecule has 3 aromatic rings. The van der Waals surface area contributed by atoms with Crippen LogP contribution in [-0.2, 0) is 6.54 Å². The summed E-state index contributed by atoms with van der Waals surface area (Å²) < 4.78 is 4.84. The summed E-state index contributed by atoms with van der Waals surface area (Å²) in [6, 6.07) is 6.30. The summed E-state index contributed by atoms with van der Waals surface area (Å²) in [6.45, 7) is 2.75. The first-order valence-corrected chi connectivity index (χ1v) is 13.4. The Morgan fingerprint density at radius 1 is 1.26 bits per heavy atom. The number of benzene rings is 1. The highest BCUT2D eigenvalue weighted by atomic mass is 32.2. The number of rotatable bonds is 7. The SMILES string of the molecule is CSNc1cc(-c2ccn3nc(N)c(C(=O)NC4CCC4)c3n2)cc2c1C(=O)N(C(C)C1CC1)C2. The van der Waals surface area contributed by atoms with Crippen molar-refractivity contribution in [3.8, 4) is 11.3 Å². The molecule has 35 heavy (non-hydrogen) atoms. The van der Waals surface area contributed by atoms with Crippen molar-refractivity contribution in [1.82, 2.24) is 24.8 Å². The fourth-order valence-corrected chi connectivity index (χ4v) is 5.49. The molecule has 10 heteroatoms. The summed E-state index contributed by atoms with van der Waals surface area (Å²) in [7, 11) is 0. The Hall–Kier alpha value is -3.27. The number of carbonyl (C=O) groups is 2. The molecule has 0 radical (unpaired) electrons. The number of amides is 2. The minimum absolute atomic E-state index is 0.0874. The monoisotopic (exact) mass is 491 g/mol. The van der Waals surface area contributed by atoms with Crippen LogP contribution in [0.5, 0.6) is 0 Å². The number of nitrogens with one attached hydrogen (secondary N) is 2. The van der Waals surface area contributed by atoms with Crippen LogP contribution >= 0.6 is 11.9 Å². The molecule has 1 aromatic carbocycles. The van der Waals surface area contributed by atoms with E-state index in [-0.39, 0.29) is 29.7 Å². The van der Waals surface area contributed by atoms with Crippen LogP contribution in [-0.4, -0.2) is 49.7 Å². The average molecular weight is 492 g/mol. The van der Waals surface area contributed by atoms with E-state index in [0.29, 0.717) is 29.4 Å². The van der Waals surface area contributed by atoms with E-state index in [2.05, 4.69) is 22.1 Å². The Balaban J connectivity index is 1.39. The van der Waals surface area contributed by atoms with Crippen LogP contribution < -0.4 is 15.8 Å². The van der Waals surface area contributed by atoms with Crippen molar-refractivity contribution in [2.75, 3.05) is 16.7 Å². The topological polar surface area (TPSA) is 118 Å². The van der Waals surface area contributed by atoms with Crippen LogP contribution in [0.4, 0.5) is 11.5 Å². The fourth-order valence-electron chi connectivity index (χ4n) is 5.11. The van der Waals surface area contributed by atoms with Crippen LogP contribution in [0.2, 0.25) is 0 Å². The van der Waals surface area contributed by atoms with Gasteiger partial charge in [0.25, 0.3) is 11.8 Å². The number of nitrogens with two attached hydrogens (primary N) is 1. The quantitative estimate of drug-likeness (QED) is 0.431. The van der Waals surface area contributed by atoms with Crippen LogP contribution in [0.3, 0.4) is 0 Å². The Kier molecular flexibility index (Phi) is 5.36. The number of hydrogen-bond donors (Lipinski definition) is 3. The third-order valence-corrected chi connectivity index (χ3v) is 7.94. The Morgan fingerprint density at radius 3 is 2.74 bits per heavy atom. The van der Waals surface area contributed by atoms with Gasteiger partial charge in [0.05, 0.1) is 16.9 Å². The molecular formula is C25H29N7O2S. The summed E-state index contributed by atoms with van der Waals surface area (Å²) in [5.41, 5.74) is 11.0. The summed E-state index contributed by atoms with van der Waals surface area (Å²) in [4.78, 5) is 33.1. The van der Waals surface area contributed by atoms with Gasteiger partial charge in [-0.1, -0.05) is 11.9 Å². The molecule has 9 nitrogen and oxygen atoms in total. The predicted molar refractivity (Wildman–Crippen MR) is 137 cm³/mol. The van der Waals surface area contributed by atoms with E-state index in [1.54, 1.807) is 10.7 Å². The predicted octanol–water partition coefficient (Wildman–Crippen LogP) is 3.71. The lowest BCUT2D eigenvalue weighted by Crippen LogP contribution is -2.39. The van der Waals surface area contributed by atoms with Crippen LogP contribution in [0.15, 0.2) is 24.4 Å². The van der Waals surface area contributed by atoms with E-state index in [9.17, 15) is 9.59 Å². The third-order valence-electron chi connectivity index (χ3n) is 7.52. The lowest BCUT2D eigenvalue weighted by atomic mass is 9.93. The molecule has 1 unspecified atom stereocenters. The van der Waals surface area contributed by atoms with Gasteiger partial charge in [-0.3, -0.25) is 9.59 Å². The maximum atomic E-state index is 13.3. The molecule has 2 aliphatic carbocycles. The van der Waals surface area contributed by atoms with Crippen LogP contribution in [0.25, 0.3) is 16.9 Å². The van der Waals surface area contributed by atoms with Crippen LogP contribution in [0, 0.1) is 5.92 Å². The molecule has 2 saturated carbocycles. The van der Waals surface area contributed by atoms with Crippen molar-refractivity contribution in [2.45, 2.75) is 57.7 Å². The molecule has 1 aliphatic heterocycles. The molecule has 0 bridgehead atoms. The van der Waals surface area contributed by atoms with E-state index in [1.165, 1.54) is 24.8 Å². The van der Waals surface area contributed by atoms with Crippen molar-refractivity contribution in [2.24, 2.45) is 5.92 Å². The second-order valence-electron chi connectivity index (χ2n) is 9.82. The normalized spacial score (nSPS) is 18.5. The van der Waals surface area contributed by atoms with Gasteiger partial charge in [-0.05, 0) is 68.7 Å². The summed E-state index contributed by atoms with van der Waals surface area (Å²) in [5, 5.41) is 7.33. The maximum absolute atomic E-state index is 13.3. The number of anilines is 2. The molecule has 2 fully saturated rings. The number of hydrogen-bond acceptors (Lipinski definition) is 7. The van der Waals surface area contributed by atoms with Crippen molar-refractivity contribution in [3.05, 3.63) is 41.1 Å². The van der Waals surface area contributed by atoms with Gasteiger partial charge in [-0.15, -0.1) is 5.10 Å². The standard InChI is InChI=1S/C25H29N7O2S/c1-13(14-6-7-14)31-12-16-10-15(11-19(30-35-2)20(16)25(31)34)18-8-9-32-23(28-18)21(22(26)29-32)24(33)27-17-4-3-5-17/h8-11,13-14,17,30H,3-7,12H2,1-2H3,(H2,26,29)(H,27,33). The molecule has 1 atom stereocenters. The van der Waals surface area contributed by atoms with Crippen molar-refractivity contribution in [3.63, 3.8) is 0 Å². The molecule has 0 spiro atoms. The number of carbonyl (C=O) groups excluding carboxylic acids is 2. The van der Waals surface area contributed by atoms with Crippen molar-refractivity contribution < 1.29 is 9.59 Å². The van der Waals surface area contributed by atoms with Crippen molar-refractivity contribution in [1.29, 1.82) is 0 Å². The van der Waals surface area contributed by atoms with E-state index in [4.69, 9.17) is 10.7 Å². The largest absolute Gasteiger partial charge is 0.381 e. The summed E-state index contributed by atoms with van der Waals surface area (Å²) in [6.07, 6.45) is 9.19. The van der Waals surface area contributed by atoms with Crippen molar-refractivity contribution >= 4 is 40.9 Å². The Morgan fingerprint density at radius 2 is 2.06 bits per heavy atom.